The highest BCUT2D eigenvalue weighted by atomic mass is 16.5. The number of anilines is 1. The highest BCUT2D eigenvalue weighted by Gasteiger charge is 2.30. The first-order valence-electron chi connectivity index (χ1n) is 15.7. The lowest BCUT2D eigenvalue weighted by Crippen LogP contribution is -2.46. The molecule has 0 saturated heterocycles. The first-order chi connectivity index (χ1) is 22.9. The van der Waals surface area contributed by atoms with Crippen LogP contribution in [0.25, 0.3) is 10.8 Å². The summed E-state index contributed by atoms with van der Waals surface area (Å²) in [6.45, 7) is 5.27. The lowest BCUT2D eigenvalue weighted by Gasteiger charge is -2.22. The summed E-state index contributed by atoms with van der Waals surface area (Å²) in [6, 6.07) is 28.7. The minimum absolute atomic E-state index is 0.0549. The van der Waals surface area contributed by atoms with Crippen LogP contribution in [0.4, 0.5) is 5.69 Å². The molecule has 246 valence electrons. The molecule has 0 radical (unpaired) electrons. The zero-order valence-corrected chi connectivity index (χ0v) is 27.4. The van der Waals surface area contributed by atoms with Crippen molar-refractivity contribution in [1.29, 1.82) is 0 Å². The van der Waals surface area contributed by atoms with E-state index in [2.05, 4.69) is 10.6 Å². The van der Waals surface area contributed by atoms with Crippen LogP contribution >= 0.6 is 0 Å². The van der Waals surface area contributed by atoms with Crippen molar-refractivity contribution in [2.45, 2.75) is 51.6 Å². The van der Waals surface area contributed by atoms with Gasteiger partial charge in [0.1, 0.15) is 17.5 Å². The van der Waals surface area contributed by atoms with Crippen LogP contribution in [-0.4, -0.2) is 40.6 Å². The van der Waals surface area contributed by atoms with Crippen molar-refractivity contribution in [2.24, 2.45) is 0 Å². The van der Waals surface area contributed by atoms with Gasteiger partial charge in [0.25, 0.3) is 5.56 Å². The normalized spacial score (nSPS) is 11.9. The molecule has 1 atom stereocenters. The fraction of sp³-hybridized carbons (Fsp3) is 0.231. The number of carbonyl (C=O) groups is 3. The maximum absolute atomic E-state index is 13.9. The molecule has 0 spiro atoms. The Balaban J connectivity index is 1.39. The number of ether oxygens (including phenoxy) is 1. The topological polar surface area (TPSA) is 127 Å². The van der Waals surface area contributed by atoms with E-state index in [0.717, 1.165) is 21.9 Å². The number of pyridine rings is 1. The van der Waals surface area contributed by atoms with Gasteiger partial charge in [-0.05, 0) is 77.6 Å². The molecule has 5 aromatic rings. The number of aliphatic carboxylic acids is 1. The Morgan fingerprint density at radius 3 is 2.17 bits per heavy atom. The number of methoxy groups -OCH3 is 1. The van der Waals surface area contributed by atoms with E-state index >= 15 is 0 Å². The van der Waals surface area contributed by atoms with Crippen molar-refractivity contribution >= 4 is 34.2 Å². The molecule has 9 nitrogen and oxygen atoms in total. The van der Waals surface area contributed by atoms with Crippen molar-refractivity contribution in [2.75, 3.05) is 12.4 Å². The number of hydrogen-bond acceptors (Lipinski definition) is 5. The quantitative estimate of drug-likeness (QED) is 0.161. The van der Waals surface area contributed by atoms with Crippen LogP contribution in [0.1, 0.15) is 41.7 Å². The number of fused-ring (bicyclic) bond motifs is 1. The van der Waals surface area contributed by atoms with Gasteiger partial charge in [-0.15, -0.1) is 0 Å². The molecule has 1 unspecified atom stereocenters. The summed E-state index contributed by atoms with van der Waals surface area (Å²) in [6.07, 6.45) is 1.86. The molecule has 1 heterocycles. The molecular weight excluding hydrogens is 606 g/mol. The number of benzene rings is 4. The molecule has 0 fully saturated rings. The van der Waals surface area contributed by atoms with E-state index in [1.165, 1.54) is 4.57 Å². The third-order valence-corrected chi connectivity index (χ3v) is 8.61. The molecule has 0 aliphatic carbocycles. The number of nitrogens with one attached hydrogen (secondary N) is 2. The van der Waals surface area contributed by atoms with Crippen LogP contribution in [0, 0.1) is 6.92 Å². The Morgan fingerprint density at radius 2 is 1.50 bits per heavy atom. The lowest BCUT2D eigenvalue weighted by molar-refractivity contribution is -0.142. The van der Waals surface area contributed by atoms with Gasteiger partial charge in [-0.25, -0.2) is 0 Å². The summed E-state index contributed by atoms with van der Waals surface area (Å²) in [5.74, 6) is -1.14. The van der Waals surface area contributed by atoms with Gasteiger partial charge in [0.2, 0.25) is 11.8 Å². The minimum Gasteiger partial charge on any atom is -0.497 e. The zero-order valence-electron chi connectivity index (χ0n) is 27.4. The summed E-state index contributed by atoms with van der Waals surface area (Å²) in [5.41, 5.74) is 2.24. The second-order valence-electron chi connectivity index (χ2n) is 12.5. The van der Waals surface area contributed by atoms with Crippen LogP contribution in [-0.2, 0) is 39.2 Å². The standard InChI is InChI=1S/C39H39N3O6/c1-25-19-20-42(24-27-12-17-32(48-4)18-13-27)37(45)35(25)41-36(44)33(22-26-10-15-31(16-11-26)39(2,3)38(46)47)40-34(43)23-28-9-14-29-7-5-6-8-30(29)21-28/h5-21,33H,22-24H2,1-4H3,(H,40,43)(H,41,44)(H,46,47). The monoisotopic (exact) mass is 645 g/mol. The van der Waals surface area contributed by atoms with Gasteiger partial charge in [0, 0.05) is 12.6 Å². The maximum atomic E-state index is 13.9. The van der Waals surface area contributed by atoms with Crippen LogP contribution < -0.4 is 20.9 Å². The fourth-order valence-electron chi connectivity index (χ4n) is 5.49. The minimum atomic E-state index is -1.10. The molecule has 1 aromatic heterocycles. The second-order valence-corrected chi connectivity index (χ2v) is 12.5. The van der Waals surface area contributed by atoms with E-state index in [1.54, 1.807) is 64.4 Å². The van der Waals surface area contributed by atoms with Crippen molar-refractivity contribution in [1.82, 2.24) is 9.88 Å². The number of hydrogen-bond donors (Lipinski definition) is 3. The predicted molar refractivity (Wildman–Crippen MR) is 187 cm³/mol. The van der Waals surface area contributed by atoms with E-state index in [1.807, 2.05) is 66.7 Å². The Morgan fingerprint density at radius 1 is 0.854 bits per heavy atom. The number of amides is 2. The third-order valence-electron chi connectivity index (χ3n) is 8.61. The molecule has 2 amide bonds. The van der Waals surface area contributed by atoms with Gasteiger partial charge >= 0.3 is 5.97 Å². The average Bonchev–Trinajstić information content (AvgIpc) is 3.08. The number of carboxylic acid groups (broad SMARTS) is 1. The summed E-state index contributed by atoms with van der Waals surface area (Å²) < 4.78 is 6.74. The summed E-state index contributed by atoms with van der Waals surface area (Å²) in [5, 5.41) is 17.4. The lowest BCUT2D eigenvalue weighted by atomic mass is 9.84. The van der Waals surface area contributed by atoms with E-state index in [-0.39, 0.29) is 36.5 Å². The van der Waals surface area contributed by atoms with E-state index in [9.17, 15) is 24.3 Å². The number of aryl methyl sites for hydroxylation is 1. The molecule has 48 heavy (non-hydrogen) atoms. The smallest absolute Gasteiger partial charge is 0.313 e. The van der Waals surface area contributed by atoms with Gasteiger partial charge in [0.15, 0.2) is 0 Å². The number of aromatic nitrogens is 1. The van der Waals surface area contributed by atoms with Gasteiger partial charge in [-0.1, -0.05) is 78.9 Å². The Kier molecular flexibility index (Phi) is 10.1. The molecule has 9 heteroatoms. The van der Waals surface area contributed by atoms with Crippen molar-refractivity contribution < 1.29 is 24.2 Å². The number of carbonyl (C=O) groups excluding carboxylic acids is 2. The Labute approximate surface area is 279 Å². The van der Waals surface area contributed by atoms with Crippen molar-refractivity contribution in [3.63, 3.8) is 0 Å². The van der Waals surface area contributed by atoms with E-state index in [4.69, 9.17) is 4.74 Å². The molecule has 0 aliphatic heterocycles. The Hall–Kier alpha value is -5.70. The van der Waals surface area contributed by atoms with Gasteiger partial charge in [-0.2, -0.15) is 0 Å². The molecule has 3 N–H and O–H groups in total. The second kappa shape index (κ2) is 14.4. The fourth-order valence-corrected chi connectivity index (χ4v) is 5.49. The first-order valence-corrected chi connectivity index (χ1v) is 15.7. The van der Waals surface area contributed by atoms with Crippen LogP contribution in [0.3, 0.4) is 0 Å². The maximum Gasteiger partial charge on any atom is 0.313 e. The van der Waals surface area contributed by atoms with Crippen LogP contribution in [0.15, 0.2) is 108 Å². The average molecular weight is 646 g/mol. The zero-order chi connectivity index (χ0) is 34.4. The highest BCUT2D eigenvalue weighted by Crippen LogP contribution is 2.24. The molecule has 0 aliphatic rings. The SMILES string of the molecule is COc1ccc(Cn2ccc(C)c(NC(=O)C(Cc3ccc(C(C)(C)C(=O)O)cc3)NC(=O)Cc3ccc4ccccc4c3)c2=O)cc1. The summed E-state index contributed by atoms with van der Waals surface area (Å²) in [7, 11) is 1.59. The highest BCUT2D eigenvalue weighted by molar-refractivity contribution is 5.98. The van der Waals surface area contributed by atoms with Crippen molar-refractivity contribution in [3.8, 4) is 5.75 Å². The third kappa shape index (κ3) is 7.81. The molecular formula is C39H39N3O6. The summed E-state index contributed by atoms with van der Waals surface area (Å²) in [4.78, 5) is 52.6. The molecule has 5 rings (SSSR count). The predicted octanol–water partition coefficient (Wildman–Crippen LogP) is 5.64. The molecule has 0 saturated carbocycles. The molecule has 4 aromatic carbocycles. The van der Waals surface area contributed by atoms with E-state index < -0.39 is 23.3 Å². The summed E-state index contributed by atoms with van der Waals surface area (Å²) >= 11 is 0. The van der Waals surface area contributed by atoms with Crippen LogP contribution in [0.2, 0.25) is 0 Å². The number of carboxylic acids is 1. The van der Waals surface area contributed by atoms with E-state index in [0.29, 0.717) is 22.4 Å². The van der Waals surface area contributed by atoms with Gasteiger partial charge < -0.3 is 25.0 Å². The van der Waals surface area contributed by atoms with Crippen molar-refractivity contribution in [3.05, 3.63) is 141 Å². The number of rotatable bonds is 12. The number of nitrogens with zero attached hydrogens (tertiary/aromatic N) is 1. The Bertz CT molecular complexity index is 2010. The largest absolute Gasteiger partial charge is 0.497 e. The van der Waals surface area contributed by atoms with Gasteiger partial charge in [-0.3, -0.25) is 19.2 Å². The first kappa shape index (κ1) is 33.7. The van der Waals surface area contributed by atoms with Gasteiger partial charge in [0.05, 0.1) is 25.5 Å². The molecule has 0 bridgehead atoms. The van der Waals surface area contributed by atoms with Crippen LogP contribution in [0.5, 0.6) is 5.75 Å².